The molecule has 1 aromatic heterocycles. The van der Waals surface area contributed by atoms with Crippen LogP contribution in [0.3, 0.4) is 0 Å². The van der Waals surface area contributed by atoms with Gasteiger partial charge < -0.3 is 10.4 Å². The van der Waals surface area contributed by atoms with Crippen molar-refractivity contribution < 1.29 is 5.11 Å². The van der Waals surface area contributed by atoms with E-state index in [1.54, 1.807) is 6.20 Å². The molecule has 0 spiro atoms. The molecule has 1 aromatic rings. The summed E-state index contributed by atoms with van der Waals surface area (Å²) >= 11 is 0. The van der Waals surface area contributed by atoms with Gasteiger partial charge in [0.15, 0.2) is 0 Å². The van der Waals surface area contributed by atoms with Gasteiger partial charge in [-0.15, -0.1) is 0 Å². The van der Waals surface area contributed by atoms with Gasteiger partial charge in [0, 0.05) is 18.3 Å². The molecule has 1 unspecified atom stereocenters. The van der Waals surface area contributed by atoms with Crippen LogP contribution in [0.25, 0.3) is 0 Å². The predicted molar refractivity (Wildman–Crippen MR) is 49.2 cm³/mol. The molecule has 1 aliphatic rings. The summed E-state index contributed by atoms with van der Waals surface area (Å²) in [5.41, 5.74) is 1.10. The van der Waals surface area contributed by atoms with E-state index < -0.39 is 0 Å². The first-order chi connectivity index (χ1) is 6.25. The molecule has 13 heavy (non-hydrogen) atoms. The minimum absolute atomic E-state index is 0.0912. The number of rotatable bonds is 3. The van der Waals surface area contributed by atoms with Crippen molar-refractivity contribution in [2.24, 2.45) is 0 Å². The Labute approximate surface area is 77.4 Å². The average Bonchev–Trinajstić information content (AvgIpc) is 2.53. The van der Waals surface area contributed by atoms with Crippen LogP contribution in [-0.4, -0.2) is 27.4 Å². The molecule has 4 heteroatoms. The summed E-state index contributed by atoms with van der Waals surface area (Å²) in [4.78, 5) is 0. The van der Waals surface area contributed by atoms with E-state index in [1.807, 2.05) is 6.07 Å². The molecular formula is C9H15N3O. The maximum Gasteiger partial charge on any atom is 0.0570 e. The number of hydrogen-bond acceptors (Lipinski definition) is 3. The van der Waals surface area contributed by atoms with Crippen LogP contribution >= 0.6 is 0 Å². The van der Waals surface area contributed by atoms with Crippen molar-refractivity contribution in [1.29, 1.82) is 0 Å². The topological polar surface area (TPSA) is 60.9 Å². The molecule has 0 bridgehead atoms. The SMILES string of the molecule is CC(NC1CC(O)C1)c1ccn[nH]1. The largest absolute Gasteiger partial charge is 0.393 e. The van der Waals surface area contributed by atoms with Crippen LogP contribution in [0, 0.1) is 0 Å². The van der Waals surface area contributed by atoms with E-state index in [1.165, 1.54) is 0 Å². The fraction of sp³-hybridized carbons (Fsp3) is 0.667. The highest BCUT2D eigenvalue weighted by molar-refractivity contribution is 5.04. The third-order valence-corrected chi connectivity index (χ3v) is 2.59. The van der Waals surface area contributed by atoms with Crippen molar-refractivity contribution in [2.75, 3.05) is 0 Å². The third-order valence-electron chi connectivity index (χ3n) is 2.59. The first kappa shape index (κ1) is 8.72. The number of nitrogens with zero attached hydrogens (tertiary/aromatic N) is 1. The van der Waals surface area contributed by atoms with Gasteiger partial charge in [0.2, 0.25) is 0 Å². The second-order valence-electron chi connectivity index (χ2n) is 3.72. The lowest BCUT2D eigenvalue weighted by atomic mass is 9.89. The van der Waals surface area contributed by atoms with Crippen molar-refractivity contribution in [2.45, 2.75) is 38.0 Å². The van der Waals surface area contributed by atoms with Crippen LogP contribution in [0.5, 0.6) is 0 Å². The normalized spacial score (nSPS) is 29.7. The molecule has 1 saturated carbocycles. The molecule has 0 aromatic carbocycles. The molecule has 0 aliphatic heterocycles. The Morgan fingerprint density at radius 3 is 3.00 bits per heavy atom. The Hall–Kier alpha value is -0.870. The van der Waals surface area contributed by atoms with E-state index >= 15 is 0 Å². The molecule has 3 N–H and O–H groups in total. The highest BCUT2D eigenvalue weighted by atomic mass is 16.3. The van der Waals surface area contributed by atoms with Gasteiger partial charge in [0.05, 0.1) is 11.8 Å². The second kappa shape index (κ2) is 3.47. The van der Waals surface area contributed by atoms with Gasteiger partial charge in [-0.2, -0.15) is 5.10 Å². The summed E-state index contributed by atoms with van der Waals surface area (Å²) in [5.74, 6) is 0. The highest BCUT2D eigenvalue weighted by Gasteiger charge is 2.28. The molecular weight excluding hydrogens is 166 g/mol. The minimum Gasteiger partial charge on any atom is -0.393 e. The number of hydrogen-bond donors (Lipinski definition) is 3. The quantitative estimate of drug-likeness (QED) is 0.639. The predicted octanol–water partition coefficient (Wildman–Crippen LogP) is 0.584. The molecule has 1 fully saturated rings. The summed E-state index contributed by atoms with van der Waals surface area (Å²) in [6.45, 7) is 2.10. The lowest BCUT2D eigenvalue weighted by Crippen LogP contribution is -2.45. The summed E-state index contributed by atoms with van der Waals surface area (Å²) in [6.07, 6.45) is 3.41. The van der Waals surface area contributed by atoms with E-state index in [2.05, 4.69) is 22.4 Å². The van der Waals surface area contributed by atoms with E-state index in [9.17, 15) is 0 Å². The number of aromatic nitrogens is 2. The van der Waals surface area contributed by atoms with Gasteiger partial charge in [-0.05, 0) is 25.8 Å². The number of aliphatic hydroxyl groups is 1. The first-order valence-electron chi connectivity index (χ1n) is 4.69. The molecule has 0 amide bonds. The number of aliphatic hydroxyl groups excluding tert-OH is 1. The van der Waals surface area contributed by atoms with Gasteiger partial charge in [0.1, 0.15) is 0 Å². The lowest BCUT2D eigenvalue weighted by Gasteiger charge is -2.34. The number of aromatic amines is 1. The lowest BCUT2D eigenvalue weighted by molar-refractivity contribution is 0.0583. The Balaban J connectivity index is 1.82. The molecule has 1 aliphatic carbocycles. The molecule has 0 radical (unpaired) electrons. The Kier molecular flexibility index (Phi) is 2.33. The fourth-order valence-electron chi connectivity index (χ4n) is 1.68. The number of H-pyrrole nitrogens is 1. The van der Waals surface area contributed by atoms with Gasteiger partial charge in [-0.1, -0.05) is 0 Å². The summed E-state index contributed by atoms with van der Waals surface area (Å²) < 4.78 is 0. The molecule has 1 atom stereocenters. The van der Waals surface area contributed by atoms with E-state index in [4.69, 9.17) is 5.11 Å². The van der Waals surface area contributed by atoms with E-state index in [-0.39, 0.29) is 6.10 Å². The van der Waals surface area contributed by atoms with Crippen molar-refractivity contribution in [3.63, 3.8) is 0 Å². The molecule has 0 saturated heterocycles. The molecule has 2 rings (SSSR count). The zero-order valence-electron chi connectivity index (χ0n) is 7.70. The first-order valence-corrected chi connectivity index (χ1v) is 4.69. The van der Waals surface area contributed by atoms with Crippen LogP contribution in [0.15, 0.2) is 12.3 Å². The Bertz CT molecular complexity index is 254. The van der Waals surface area contributed by atoms with Crippen molar-refractivity contribution in [3.8, 4) is 0 Å². The van der Waals surface area contributed by atoms with Crippen molar-refractivity contribution >= 4 is 0 Å². The zero-order chi connectivity index (χ0) is 9.26. The molecule has 4 nitrogen and oxygen atoms in total. The summed E-state index contributed by atoms with van der Waals surface area (Å²) in [6, 6.07) is 2.72. The highest BCUT2D eigenvalue weighted by Crippen LogP contribution is 2.22. The van der Waals surface area contributed by atoms with Crippen LogP contribution in [0.2, 0.25) is 0 Å². The summed E-state index contributed by atoms with van der Waals surface area (Å²) in [5, 5.41) is 19.3. The Morgan fingerprint density at radius 2 is 2.46 bits per heavy atom. The third kappa shape index (κ3) is 1.89. The smallest absolute Gasteiger partial charge is 0.0570 e. The minimum atomic E-state index is -0.0912. The summed E-state index contributed by atoms with van der Waals surface area (Å²) in [7, 11) is 0. The van der Waals surface area contributed by atoms with Crippen LogP contribution in [0.1, 0.15) is 31.5 Å². The van der Waals surface area contributed by atoms with Gasteiger partial charge in [-0.3, -0.25) is 5.10 Å². The van der Waals surface area contributed by atoms with E-state index in [0.717, 1.165) is 18.5 Å². The molecule has 72 valence electrons. The maximum absolute atomic E-state index is 9.10. The van der Waals surface area contributed by atoms with Crippen molar-refractivity contribution in [3.05, 3.63) is 18.0 Å². The number of nitrogens with one attached hydrogen (secondary N) is 2. The second-order valence-corrected chi connectivity index (χ2v) is 3.72. The van der Waals surface area contributed by atoms with E-state index in [0.29, 0.717) is 12.1 Å². The standard InChI is InChI=1S/C9H15N3O/c1-6(9-2-3-10-12-9)11-7-4-8(13)5-7/h2-3,6-8,11,13H,4-5H2,1H3,(H,10,12). The maximum atomic E-state index is 9.10. The van der Waals surface area contributed by atoms with Crippen molar-refractivity contribution in [1.82, 2.24) is 15.5 Å². The van der Waals surface area contributed by atoms with Crippen LogP contribution in [-0.2, 0) is 0 Å². The Morgan fingerprint density at radius 1 is 1.69 bits per heavy atom. The van der Waals surface area contributed by atoms with Gasteiger partial charge in [-0.25, -0.2) is 0 Å². The van der Waals surface area contributed by atoms with Crippen LogP contribution in [0.4, 0.5) is 0 Å². The van der Waals surface area contributed by atoms with Gasteiger partial charge in [0.25, 0.3) is 0 Å². The average molecular weight is 181 g/mol. The fourth-order valence-corrected chi connectivity index (χ4v) is 1.68. The molecule has 1 heterocycles. The zero-order valence-corrected chi connectivity index (χ0v) is 7.70. The van der Waals surface area contributed by atoms with Gasteiger partial charge >= 0.3 is 0 Å². The van der Waals surface area contributed by atoms with Crippen LogP contribution < -0.4 is 5.32 Å². The monoisotopic (exact) mass is 181 g/mol.